The van der Waals surface area contributed by atoms with Crippen LogP contribution in [0.1, 0.15) is 56.7 Å². The zero-order valence-electron chi connectivity index (χ0n) is 27.8. The summed E-state index contributed by atoms with van der Waals surface area (Å²) >= 11 is 0. The number of esters is 1. The van der Waals surface area contributed by atoms with E-state index >= 15 is 0 Å². The quantitative estimate of drug-likeness (QED) is 0.207. The minimum absolute atomic E-state index is 0.0864. The molecule has 0 unspecified atom stereocenters. The zero-order valence-corrected chi connectivity index (χ0v) is 27.8. The molecule has 10 heteroatoms. The Morgan fingerprint density at radius 1 is 1.10 bits per heavy atom. The van der Waals surface area contributed by atoms with Crippen molar-refractivity contribution in [2.75, 3.05) is 19.8 Å². The standard InChI is InChI=1S/C38H47N3O7/c1-5-7-18-31(43)47-24-28(27-16-12-9-13-17-27)39-35(44)32-30-19-20-38(48-30)33(32)36(45)41(29(23-42)25(3)4)34(38)37(46)40(21-6-2)22-26-14-10-8-11-15-26/h5-6,8-17,25,28-30,32-34,42H,1-2,7,18-24H2,3-4H3,(H,39,44)/t28-,29-,30-,32+,33+,34-,38+/m0/s1. The SMILES string of the molecule is C=CCCC(=O)OC[C@H](NC(=O)[C@@H]1[C@@H]2CC[C@]3(O2)[C@H](C(=O)N(CC=C)Cc2ccccc2)N([C@@H](CO)C(C)C)C(=O)[C@@H]13)c1ccccc1. The maximum Gasteiger partial charge on any atom is 0.306 e. The summed E-state index contributed by atoms with van der Waals surface area (Å²) in [6, 6.07) is 16.4. The number of allylic oxidation sites excluding steroid dienone is 1. The van der Waals surface area contributed by atoms with E-state index in [1.807, 2.05) is 74.5 Å². The van der Waals surface area contributed by atoms with Crippen molar-refractivity contribution < 1.29 is 33.8 Å². The van der Waals surface area contributed by atoms with Crippen molar-refractivity contribution in [1.29, 1.82) is 0 Å². The lowest BCUT2D eigenvalue weighted by atomic mass is 9.70. The van der Waals surface area contributed by atoms with Crippen LogP contribution in [0.25, 0.3) is 0 Å². The van der Waals surface area contributed by atoms with E-state index in [-0.39, 0.29) is 43.9 Å². The van der Waals surface area contributed by atoms with Crippen molar-refractivity contribution >= 4 is 23.7 Å². The van der Waals surface area contributed by atoms with Crippen molar-refractivity contribution in [3.05, 3.63) is 97.1 Å². The third-order valence-electron chi connectivity index (χ3n) is 9.95. The molecule has 1 spiro atoms. The highest BCUT2D eigenvalue weighted by Crippen LogP contribution is 2.59. The van der Waals surface area contributed by atoms with E-state index in [1.165, 1.54) is 4.90 Å². The highest BCUT2D eigenvalue weighted by molar-refractivity contribution is 5.99. The first-order valence-corrected chi connectivity index (χ1v) is 16.8. The van der Waals surface area contributed by atoms with Crippen LogP contribution in [0.2, 0.25) is 0 Å². The van der Waals surface area contributed by atoms with Crippen molar-refractivity contribution in [2.24, 2.45) is 17.8 Å². The summed E-state index contributed by atoms with van der Waals surface area (Å²) in [7, 11) is 0. The number of amides is 3. The predicted octanol–water partition coefficient (Wildman–Crippen LogP) is 3.96. The number of ether oxygens (including phenoxy) is 2. The van der Waals surface area contributed by atoms with E-state index in [2.05, 4.69) is 18.5 Å². The second-order valence-corrected chi connectivity index (χ2v) is 13.3. The summed E-state index contributed by atoms with van der Waals surface area (Å²) in [5, 5.41) is 13.6. The van der Waals surface area contributed by atoms with Crippen LogP contribution in [0.5, 0.6) is 0 Å². The van der Waals surface area contributed by atoms with E-state index in [1.54, 1.807) is 17.1 Å². The average Bonchev–Trinajstić information content (AvgIpc) is 3.73. The van der Waals surface area contributed by atoms with Crippen LogP contribution in [-0.2, 0) is 35.2 Å². The molecule has 2 N–H and O–H groups in total. The Morgan fingerprint density at radius 3 is 2.42 bits per heavy atom. The van der Waals surface area contributed by atoms with Crippen LogP contribution < -0.4 is 5.32 Å². The van der Waals surface area contributed by atoms with E-state index in [0.29, 0.717) is 25.8 Å². The molecule has 2 bridgehead atoms. The van der Waals surface area contributed by atoms with Gasteiger partial charge < -0.3 is 29.7 Å². The molecule has 0 radical (unpaired) electrons. The molecule has 7 atom stereocenters. The van der Waals surface area contributed by atoms with E-state index in [9.17, 15) is 24.3 Å². The highest BCUT2D eigenvalue weighted by Gasteiger charge is 2.75. The minimum atomic E-state index is -1.24. The second-order valence-electron chi connectivity index (χ2n) is 13.3. The highest BCUT2D eigenvalue weighted by atomic mass is 16.5. The van der Waals surface area contributed by atoms with Crippen molar-refractivity contribution in [1.82, 2.24) is 15.1 Å². The number of hydrogen-bond acceptors (Lipinski definition) is 7. The predicted molar refractivity (Wildman–Crippen MR) is 180 cm³/mol. The van der Waals surface area contributed by atoms with Gasteiger partial charge in [-0.15, -0.1) is 13.2 Å². The molecule has 3 fully saturated rings. The second kappa shape index (κ2) is 15.3. The van der Waals surface area contributed by atoms with Gasteiger partial charge in [0.1, 0.15) is 18.2 Å². The number of likely N-dealkylation sites (tertiary alicyclic amines) is 1. The molecular weight excluding hydrogens is 610 g/mol. The van der Waals surface area contributed by atoms with Crippen molar-refractivity contribution in [2.45, 2.75) is 75.9 Å². The number of aliphatic hydroxyl groups is 1. The van der Waals surface area contributed by atoms with Gasteiger partial charge in [-0.1, -0.05) is 86.7 Å². The molecule has 2 aromatic rings. The van der Waals surface area contributed by atoms with Crippen LogP contribution in [0.3, 0.4) is 0 Å². The summed E-state index contributed by atoms with van der Waals surface area (Å²) in [6.45, 7) is 11.4. The molecule has 256 valence electrons. The summed E-state index contributed by atoms with van der Waals surface area (Å²) in [5.74, 6) is -3.44. The molecule has 3 saturated heterocycles. The van der Waals surface area contributed by atoms with E-state index in [0.717, 1.165) is 11.1 Å². The molecule has 5 rings (SSSR count). The molecule has 3 aliphatic heterocycles. The van der Waals surface area contributed by atoms with Crippen molar-refractivity contribution in [3.8, 4) is 0 Å². The molecule has 0 saturated carbocycles. The third kappa shape index (κ3) is 6.82. The fraction of sp³-hybridized carbons (Fsp3) is 0.474. The van der Waals surface area contributed by atoms with Gasteiger partial charge in [-0.05, 0) is 36.3 Å². The molecular formula is C38H47N3O7. The molecule has 3 aliphatic rings. The summed E-state index contributed by atoms with van der Waals surface area (Å²) in [6.07, 6.45) is 4.30. The zero-order chi connectivity index (χ0) is 34.4. The van der Waals surface area contributed by atoms with Gasteiger partial charge in [0.25, 0.3) is 0 Å². The molecule has 10 nitrogen and oxygen atoms in total. The lowest BCUT2D eigenvalue weighted by molar-refractivity contribution is -0.152. The van der Waals surface area contributed by atoms with Gasteiger partial charge in [-0.2, -0.15) is 0 Å². The van der Waals surface area contributed by atoms with Crippen LogP contribution in [-0.4, -0.2) is 82.1 Å². The van der Waals surface area contributed by atoms with Gasteiger partial charge in [0.05, 0.1) is 36.6 Å². The Bertz CT molecular complexity index is 1480. The van der Waals surface area contributed by atoms with Gasteiger partial charge in [0, 0.05) is 19.5 Å². The van der Waals surface area contributed by atoms with Crippen molar-refractivity contribution in [3.63, 3.8) is 0 Å². The lowest BCUT2D eigenvalue weighted by Gasteiger charge is -2.40. The maximum atomic E-state index is 14.7. The van der Waals surface area contributed by atoms with Gasteiger partial charge >= 0.3 is 5.97 Å². The van der Waals surface area contributed by atoms with E-state index in [4.69, 9.17) is 9.47 Å². The molecule has 3 heterocycles. The van der Waals surface area contributed by atoms with Gasteiger partial charge in [0.2, 0.25) is 17.7 Å². The van der Waals surface area contributed by atoms with Crippen LogP contribution in [0.4, 0.5) is 0 Å². The Kier molecular flexibility index (Phi) is 11.2. The number of aliphatic hydroxyl groups excluding tert-OH is 1. The first-order chi connectivity index (χ1) is 23.2. The lowest BCUT2D eigenvalue weighted by Crippen LogP contribution is -2.59. The Balaban J connectivity index is 1.47. The average molecular weight is 658 g/mol. The largest absolute Gasteiger partial charge is 0.463 e. The third-order valence-corrected chi connectivity index (χ3v) is 9.95. The number of carbonyl (C=O) groups excluding carboxylic acids is 4. The number of nitrogens with one attached hydrogen (secondary N) is 1. The number of hydrogen-bond donors (Lipinski definition) is 2. The molecule has 0 aliphatic carbocycles. The number of carbonyl (C=O) groups is 4. The minimum Gasteiger partial charge on any atom is -0.463 e. The van der Waals surface area contributed by atoms with Gasteiger partial charge in [0.15, 0.2) is 0 Å². The first-order valence-electron chi connectivity index (χ1n) is 16.8. The Hall–Kier alpha value is -4.28. The summed E-state index contributed by atoms with van der Waals surface area (Å²) in [5.41, 5.74) is 0.430. The molecule has 48 heavy (non-hydrogen) atoms. The number of nitrogens with zero attached hydrogens (tertiary/aromatic N) is 2. The number of fused-ring (bicyclic) bond motifs is 1. The fourth-order valence-electron chi connectivity index (χ4n) is 7.66. The van der Waals surface area contributed by atoms with Crippen LogP contribution >= 0.6 is 0 Å². The normalized spacial score (nSPS) is 25.3. The van der Waals surface area contributed by atoms with E-state index < -0.39 is 53.5 Å². The summed E-state index contributed by atoms with van der Waals surface area (Å²) < 4.78 is 12.2. The monoisotopic (exact) mass is 657 g/mol. The Labute approximate surface area is 282 Å². The molecule has 3 amide bonds. The first kappa shape index (κ1) is 35.0. The molecule has 0 aromatic heterocycles. The maximum absolute atomic E-state index is 14.7. The Morgan fingerprint density at radius 2 is 1.79 bits per heavy atom. The number of benzene rings is 2. The molecule has 2 aromatic carbocycles. The van der Waals surface area contributed by atoms with Gasteiger partial charge in [-0.25, -0.2) is 0 Å². The van der Waals surface area contributed by atoms with Gasteiger partial charge in [-0.3, -0.25) is 19.2 Å². The summed E-state index contributed by atoms with van der Waals surface area (Å²) in [4.78, 5) is 59.1. The smallest absolute Gasteiger partial charge is 0.306 e. The van der Waals surface area contributed by atoms with Crippen LogP contribution in [0, 0.1) is 17.8 Å². The van der Waals surface area contributed by atoms with Crippen LogP contribution in [0.15, 0.2) is 86.0 Å². The fourth-order valence-corrected chi connectivity index (χ4v) is 7.66. The number of rotatable bonds is 16. The topological polar surface area (TPSA) is 125 Å².